The van der Waals surface area contributed by atoms with E-state index in [1.165, 1.54) is 27.4 Å². The van der Waals surface area contributed by atoms with Gasteiger partial charge in [0, 0.05) is 5.56 Å². The first-order chi connectivity index (χ1) is 11.9. The quantitative estimate of drug-likeness (QED) is 0.636. The van der Waals surface area contributed by atoms with E-state index in [1.54, 1.807) is 18.2 Å². The lowest BCUT2D eigenvalue weighted by molar-refractivity contribution is 0.104. The van der Waals surface area contributed by atoms with Crippen LogP contribution < -0.4 is 14.2 Å². The zero-order chi connectivity index (χ0) is 18.6. The van der Waals surface area contributed by atoms with Crippen molar-refractivity contribution in [1.29, 1.82) is 0 Å². The fraction of sp³-hybridized carbons (Fsp3) is 0.250. The molecule has 0 amide bonds. The lowest BCUT2D eigenvalue weighted by Crippen LogP contribution is -2.00. The van der Waals surface area contributed by atoms with E-state index < -0.39 is 0 Å². The molecular weight excluding hydrogens is 320 g/mol. The minimum atomic E-state index is -0.192. The Morgan fingerprint density at radius 1 is 0.920 bits per heavy atom. The van der Waals surface area contributed by atoms with Crippen LogP contribution in [0.5, 0.6) is 23.0 Å². The molecule has 2 aromatic rings. The molecule has 132 valence electrons. The van der Waals surface area contributed by atoms with Crippen LogP contribution in [-0.2, 0) is 0 Å². The zero-order valence-corrected chi connectivity index (χ0v) is 15.0. The fourth-order valence-corrected chi connectivity index (χ4v) is 2.58. The molecule has 25 heavy (non-hydrogen) atoms. The van der Waals surface area contributed by atoms with Gasteiger partial charge < -0.3 is 19.3 Å². The number of allylic oxidation sites excluding steroid dienone is 1. The van der Waals surface area contributed by atoms with E-state index in [9.17, 15) is 9.90 Å². The molecule has 0 bridgehead atoms. The van der Waals surface area contributed by atoms with Gasteiger partial charge in [-0.05, 0) is 60.9 Å². The van der Waals surface area contributed by atoms with Crippen LogP contribution >= 0.6 is 0 Å². The molecule has 0 aliphatic rings. The van der Waals surface area contributed by atoms with E-state index in [1.807, 2.05) is 26.0 Å². The van der Waals surface area contributed by atoms with Crippen LogP contribution in [0, 0.1) is 13.8 Å². The number of carbonyl (C=O) groups excluding carboxylic acids is 1. The molecule has 5 nitrogen and oxygen atoms in total. The van der Waals surface area contributed by atoms with Gasteiger partial charge in [-0.15, -0.1) is 0 Å². The van der Waals surface area contributed by atoms with Crippen LogP contribution in [0.1, 0.15) is 27.0 Å². The lowest BCUT2D eigenvalue weighted by atomic mass is 10.0. The summed E-state index contributed by atoms with van der Waals surface area (Å²) in [4.78, 5) is 12.5. The average molecular weight is 342 g/mol. The number of aromatic hydroxyl groups is 1. The molecule has 0 saturated carbocycles. The predicted molar refractivity (Wildman–Crippen MR) is 97.0 cm³/mol. The molecule has 5 heteroatoms. The van der Waals surface area contributed by atoms with Gasteiger partial charge in [0.2, 0.25) is 5.75 Å². The average Bonchev–Trinajstić information content (AvgIpc) is 2.62. The van der Waals surface area contributed by atoms with E-state index >= 15 is 0 Å². The molecule has 0 unspecified atom stereocenters. The molecule has 0 saturated heterocycles. The highest BCUT2D eigenvalue weighted by Crippen LogP contribution is 2.38. The number of benzene rings is 2. The molecule has 1 N–H and O–H groups in total. The second-order valence-electron chi connectivity index (χ2n) is 5.61. The largest absolute Gasteiger partial charge is 0.507 e. The van der Waals surface area contributed by atoms with Crippen molar-refractivity contribution in [2.45, 2.75) is 13.8 Å². The Morgan fingerprint density at radius 3 is 1.88 bits per heavy atom. The van der Waals surface area contributed by atoms with Gasteiger partial charge >= 0.3 is 0 Å². The summed E-state index contributed by atoms with van der Waals surface area (Å²) in [5, 5.41) is 9.82. The van der Waals surface area contributed by atoms with Crippen molar-refractivity contribution in [3.8, 4) is 23.0 Å². The van der Waals surface area contributed by atoms with Crippen LogP contribution in [0.25, 0.3) is 6.08 Å². The van der Waals surface area contributed by atoms with E-state index in [0.717, 1.165) is 16.7 Å². The first-order valence-electron chi connectivity index (χ1n) is 7.73. The van der Waals surface area contributed by atoms with E-state index in [-0.39, 0.29) is 11.5 Å². The Kier molecular flexibility index (Phi) is 5.70. The molecule has 2 rings (SSSR count). The topological polar surface area (TPSA) is 65.0 Å². The van der Waals surface area contributed by atoms with E-state index in [0.29, 0.717) is 22.8 Å². The standard InChI is InChI=1S/C20H22O5/c1-12-8-14(9-13(2)19(12)22)6-7-16(21)15-10-17(23-3)20(25-5)18(11-15)24-4/h6-11,22H,1-5H3. The molecule has 0 radical (unpaired) electrons. The zero-order valence-electron chi connectivity index (χ0n) is 15.0. The van der Waals surface area contributed by atoms with E-state index in [4.69, 9.17) is 14.2 Å². The summed E-state index contributed by atoms with van der Waals surface area (Å²) in [5.74, 6) is 1.37. The van der Waals surface area contributed by atoms with Crippen LogP contribution in [0.2, 0.25) is 0 Å². The van der Waals surface area contributed by atoms with Gasteiger partial charge in [0.25, 0.3) is 0 Å². The van der Waals surface area contributed by atoms with Gasteiger partial charge in [-0.3, -0.25) is 4.79 Å². The maximum absolute atomic E-state index is 12.5. The van der Waals surface area contributed by atoms with Gasteiger partial charge in [-0.1, -0.05) is 6.08 Å². The number of phenolic OH excluding ortho intramolecular Hbond substituents is 1. The molecule has 0 fully saturated rings. The minimum Gasteiger partial charge on any atom is -0.507 e. The number of methoxy groups -OCH3 is 3. The summed E-state index contributed by atoms with van der Waals surface area (Å²) >= 11 is 0. The fourth-order valence-electron chi connectivity index (χ4n) is 2.58. The predicted octanol–water partition coefficient (Wildman–Crippen LogP) is 3.93. The van der Waals surface area contributed by atoms with Gasteiger partial charge in [-0.2, -0.15) is 0 Å². The van der Waals surface area contributed by atoms with Crippen molar-refractivity contribution in [2.75, 3.05) is 21.3 Å². The summed E-state index contributed by atoms with van der Waals surface area (Å²) in [5.41, 5.74) is 2.80. The Hall–Kier alpha value is -2.95. The molecule has 0 aromatic heterocycles. The number of ether oxygens (including phenoxy) is 3. The molecular formula is C20H22O5. The first-order valence-corrected chi connectivity index (χ1v) is 7.73. The molecule has 0 spiro atoms. The van der Waals surface area contributed by atoms with Crippen LogP contribution in [0.4, 0.5) is 0 Å². The number of hydrogen-bond donors (Lipinski definition) is 1. The second kappa shape index (κ2) is 7.75. The van der Waals surface area contributed by atoms with Crippen molar-refractivity contribution < 1.29 is 24.1 Å². The third-order valence-electron chi connectivity index (χ3n) is 3.89. The summed E-state index contributed by atoms with van der Waals surface area (Å²) in [6, 6.07) is 6.87. The van der Waals surface area contributed by atoms with Crippen molar-refractivity contribution in [1.82, 2.24) is 0 Å². The van der Waals surface area contributed by atoms with Gasteiger partial charge in [-0.25, -0.2) is 0 Å². The molecule has 0 aliphatic carbocycles. The van der Waals surface area contributed by atoms with Crippen LogP contribution in [0.15, 0.2) is 30.3 Å². The third kappa shape index (κ3) is 3.94. The highest BCUT2D eigenvalue weighted by atomic mass is 16.5. The molecule has 2 aromatic carbocycles. The van der Waals surface area contributed by atoms with Crippen LogP contribution in [0.3, 0.4) is 0 Å². The number of rotatable bonds is 6. The highest BCUT2D eigenvalue weighted by Gasteiger charge is 2.15. The van der Waals surface area contributed by atoms with Crippen molar-refractivity contribution in [3.05, 3.63) is 52.6 Å². The third-order valence-corrected chi connectivity index (χ3v) is 3.89. The van der Waals surface area contributed by atoms with Crippen molar-refractivity contribution >= 4 is 11.9 Å². The van der Waals surface area contributed by atoms with Gasteiger partial charge in [0.15, 0.2) is 17.3 Å². The summed E-state index contributed by atoms with van der Waals surface area (Å²) < 4.78 is 15.8. The summed E-state index contributed by atoms with van der Waals surface area (Å²) in [6.45, 7) is 3.64. The Balaban J connectivity index is 2.35. The Morgan fingerprint density at radius 2 is 1.44 bits per heavy atom. The smallest absolute Gasteiger partial charge is 0.203 e. The maximum Gasteiger partial charge on any atom is 0.203 e. The molecule has 0 atom stereocenters. The van der Waals surface area contributed by atoms with E-state index in [2.05, 4.69) is 0 Å². The second-order valence-corrected chi connectivity index (χ2v) is 5.61. The Bertz CT molecular complexity index is 773. The number of phenols is 1. The number of carbonyl (C=O) groups is 1. The number of ketones is 1. The van der Waals surface area contributed by atoms with Crippen molar-refractivity contribution in [3.63, 3.8) is 0 Å². The molecule has 0 heterocycles. The van der Waals surface area contributed by atoms with Gasteiger partial charge in [0.05, 0.1) is 21.3 Å². The van der Waals surface area contributed by atoms with Crippen LogP contribution in [-0.4, -0.2) is 32.2 Å². The number of hydrogen-bond acceptors (Lipinski definition) is 5. The monoisotopic (exact) mass is 342 g/mol. The summed E-state index contributed by atoms with van der Waals surface area (Å²) in [6.07, 6.45) is 3.19. The number of aryl methyl sites for hydroxylation is 2. The minimum absolute atomic E-state index is 0.192. The SMILES string of the molecule is COc1cc(C(=O)C=Cc2cc(C)c(O)c(C)c2)cc(OC)c1OC. The van der Waals surface area contributed by atoms with Gasteiger partial charge in [0.1, 0.15) is 5.75 Å². The molecule has 0 aliphatic heterocycles. The maximum atomic E-state index is 12.5. The van der Waals surface area contributed by atoms with Crippen molar-refractivity contribution in [2.24, 2.45) is 0 Å². The first kappa shape index (κ1) is 18.4. The normalized spacial score (nSPS) is 10.8. The Labute approximate surface area is 147 Å². The summed E-state index contributed by atoms with van der Waals surface area (Å²) in [7, 11) is 4.52. The highest BCUT2D eigenvalue weighted by molar-refractivity contribution is 6.07. The lowest BCUT2D eigenvalue weighted by Gasteiger charge is -2.13.